The largest absolute Gasteiger partial charge is 0.293 e. The number of rotatable bonds is 3. The lowest BCUT2D eigenvalue weighted by Crippen LogP contribution is -2.06. The zero-order chi connectivity index (χ0) is 12.4. The van der Waals surface area contributed by atoms with Crippen molar-refractivity contribution in [2.24, 2.45) is 0 Å². The summed E-state index contributed by atoms with van der Waals surface area (Å²) in [4.78, 5) is 11.6. The Morgan fingerprint density at radius 1 is 1.24 bits per heavy atom. The Morgan fingerprint density at radius 2 is 1.88 bits per heavy atom. The van der Waals surface area contributed by atoms with Crippen molar-refractivity contribution in [3.05, 3.63) is 36.0 Å². The summed E-state index contributed by atoms with van der Waals surface area (Å²) in [6.07, 6.45) is 0. The monoisotopic (exact) mass is 229 g/mol. The van der Waals surface area contributed by atoms with Gasteiger partial charge in [0.25, 0.3) is 0 Å². The summed E-state index contributed by atoms with van der Waals surface area (Å²) in [6, 6.07) is 9.92. The highest BCUT2D eigenvalue weighted by atomic mass is 16.1. The Balaban J connectivity index is 2.65. The normalized spacial score (nSPS) is 10.8. The minimum Gasteiger partial charge on any atom is -0.293 e. The third-order valence-electron chi connectivity index (χ3n) is 2.56. The first kappa shape index (κ1) is 11.5. The van der Waals surface area contributed by atoms with E-state index in [9.17, 15) is 4.79 Å². The molecule has 2 rings (SSSR count). The van der Waals surface area contributed by atoms with Gasteiger partial charge in [-0.2, -0.15) is 0 Å². The SMILES string of the molecule is CC(=O)c1nnn(C(C)C)c1-c1ccccc1. The van der Waals surface area contributed by atoms with Crippen molar-refractivity contribution >= 4 is 5.78 Å². The first-order chi connectivity index (χ1) is 8.11. The van der Waals surface area contributed by atoms with Gasteiger partial charge in [0, 0.05) is 18.5 Å². The molecule has 1 heterocycles. The Hall–Kier alpha value is -1.97. The van der Waals surface area contributed by atoms with Gasteiger partial charge in [-0.3, -0.25) is 4.79 Å². The van der Waals surface area contributed by atoms with Gasteiger partial charge in [0.05, 0.1) is 5.69 Å². The number of nitrogens with zero attached hydrogens (tertiary/aromatic N) is 3. The molecule has 4 nitrogen and oxygen atoms in total. The topological polar surface area (TPSA) is 47.8 Å². The van der Waals surface area contributed by atoms with Gasteiger partial charge in [-0.1, -0.05) is 35.5 Å². The molecule has 0 aliphatic rings. The number of ketones is 1. The lowest BCUT2D eigenvalue weighted by Gasteiger charge is -2.10. The fourth-order valence-corrected chi connectivity index (χ4v) is 1.76. The van der Waals surface area contributed by atoms with E-state index in [1.54, 1.807) is 4.68 Å². The number of benzene rings is 1. The smallest absolute Gasteiger partial charge is 0.182 e. The number of carbonyl (C=O) groups excluding carboxylic acids is 1. The molecule has 17 heavy (non-hydrogen) atoms. The molecule has 0 fully saturated rings. The van der Waals surface area contributed by atoms with Crippen LogP contribution in [0.2, 0.25) is 0 Å². The van der Waals surface area contributed by atoms with E-state index >= 15 is 0 Å². The van der Waals surface area contributed by atoms with Crippen molar-refractivity contribution in [2.75, 3.05) is 0 Å². The molecule has 1 aromatic carbocycles. The molecule has 2 aromatic rings. The molecule has 0 aliphatic heterocycles. The average Bonchev–Trinajstić information content (AvgIpc) is 2.74. The van der Waals surface area contributed by atoms with Crippen molar-refractivity contribution in [2.45, 2.75) is 26.8 Å². The Labute approximate surface area is 100 Å². The third-order valence-corrected chi connectivity index (χ3v) is 2.56. The van der Waals surface area contributed by atoms with Gasteiger partial charge in [0.15, 0.2) is 11.5 Å². The number of hydrogen-bond acceptors (Lipinski definition) is 3. The zero-order valence-electron chi connectivity index (χ0n) is 10.2. The van der Waals surface area contributed by atoms with Crippen molar-refractivity contribution in [3.8, 4) is 11.3 Å². The maximum atomic E-state index is 11.6. The van der Waals surface area contributed by atoms with Crippen LogP contribution in [-0.2, 0) is 0 Å². The first-order valence-electron chi connectivity index (χ1n) is 5.62. The van der Waals surface area contributed by atoms with Crippen LogP contribution in [0.25, 0.3) is 11.3 Å². The van der Waals surface area contributed by atoms with Gasteiger partial charge >= 0.3 is 0 Å². The fraction of sp³-hybridized carbons (Fsp3) is 0.308. The molecular formula is C13H15N3O. The molecular weight excluding hydrogens is 214 g/mol. The van der Waals surface area contributed by atoms with Crippen LogP contribution in [-0.4, -0.2) is 20.8 Å². The predicted molar refractivity (Wildman–Crippen MR) is 65.8 cm³/mol. The van der Waals surface area contributed by atoms with Crippen LogP contribution in [0.4, 0.5) is 0 Å². The molecule has 1 aromatic heterocycles. The van der Waals surface area contributed by atoms with Gasteiger partial charge in [-0.25, -0.2) is 4.68 Å². The lowest BCUT2D eigenvalue weighted by atomic mass is 10.1. The standard InChI is InChI=1S/C13H15N3O/c1-9(2)16-13(11-7-5-4-6-8-11)12(10(3)17)14-15-16/h4-9H,1-3H3. The maximum absolute atomic E-state index is 11.6. The second kappa shape index (κ2) is 4.49. The lowest BCUT2D eigenvalue weighted by molar-refractivity contribution is 0.101. The van der Waals surface area contributed by atoms with Crippen molar-refractivity contribution < 1.29 is 4.79 Å². The second-order valence-corrected chi connectivity index (χ2v) is 4.25. The van der Waals surface area contributed by atoms with Crippen LogP contribution in [0.5, 0.6) is 0 Å². The van der Waals surface area contributed by atoms with Crippen LogP contribution in [0, 0.1) is 0 Å². The van der Waals surface area contributed by atoms with Crippen molar-refractivity contribution in [3.63, 3.8) is 0 Å². The van der Waals surface area contributed by atoms with Gasteiger partial charge < -0.3 is 0 Å². The van der Waals surface area contributed by atoms with Crippen LogP contribution < -0.4 is 0 Å². The summed E-state index contributed by atoms with van der Waals surface area (Å²) in [7, 11) is 0. The molecule has 0 atom stereocenters. The third kappa shape index (κ3) is 2.11. The summed E-state index contributed by atoms with van der Waals surface area (Å²) >= 11 is 0. The van der Waals surface area contributed by atoms with Crippen LogP contribution >= 0.6 is 0 Å². The van der Waals surface area contributed by atoms with Crippen LogP contribution in [0.1, 0.15) is 37.3 Å². The second-order valence-electron chi connectivity index (χ2n) is 4.25. The summed E-state index contributed by atoms with van der Waals surface area (Å²) < 4.78 is 1.78. The van der Waals surface area contributed by atoms with E-state index in [-0.39, 0.29) is 11.8 Å². The van der Waals surface area contributed by atoms with E-state index in [4.69, 9.17) is 0 Å². The highest BCUT2D eigenvalue weighted by Crippen LogP contribution is 2.24. The maximum Gasteiger partial charge on any atom is 0.182 e. The molecule has 0 N–H and O–H groups in total. The highest BCUT2D eigenvalue weighted by Gasteiger charge is 2.19. The summed E-state index contributed by atoms with van der Waals surface area (Å²) in [6.45, 7) is 5.55. The molecule has 4 heteroatoms. The summed E-state index contributed by atoms with van der Waals surface area (Å²) in [5.41, 5.74) is 2.20. The van der Waals surface area contributed by atoms with Gasteiger partial charge in [0.1, 0.15) is 0 Å². The van der Waals surface area contributed by atoms with Crippen molar-refractivity contribution in [1.82, 2.24) is 15.0 Å². The van der Waals surface area contributed by atoms with E-state index in [2.05, 4.69) is 10.3 Å². The van der Waals surface area contributed by atoms with Gasteiger partial charge in [-0.05, 0) is 13.8 Å². The number of Topliss-reactive ketones (excluding diaryl/α,β-unsaturated/α-hetero) is 1. The summed E-state index contributed by atoms with van der Waals surface area (Å²) in [5, 5.41) is 8.04. The van der Waals surface area contributed by atoms with E-state index in [1.165, 1.54) is 6.92 Å². The summed E-state index contributed by atoms with van der Waals surface area (Å²) in [5.74, 6) is -0.0595. The van der Waals surface area contributed by atoms with Crippen LogP contribution in [0.3, 0.4) is 0 Å². The Kier molecular flexibility index (Phi) is 3.04. The molecule has 0 saturated carbocycles. The number of aromatic nitrogens is 3. The zero-order valence-corrected chi connectivity index (χ0v) is 10.2. The molecule has 0 unspecified atom stereocenters. The molecule has 0 spiro atoms. The molecule has 0 saturated heterocycles. The highest BCUT2D eigenvalue weighted by molar-refractivity contribution is 5.97. The number of carbonyl (C=O) groups is 1. The minimum absolute atomic E-state index is 0.0595. The Morgan fingerprint density at radius 3 is 2.41 bits per heavy atom. The van der Waals surface area contributed by atoms with Gasteiger partial charge in [0.2, 0.25) is 0 Å². The minimum atomic E-state index is -0.0595. The van der Waals surface area contributed by atoms with Crippen LogP contribution in [0.15, 0.2) is 30.3 Å². The Bertz CT molecular complexity index is 529. The molecule has 0 aliphatic carbocycles. The van der Waals surface area contributed by atoms with E-state index < -0.39 is 0 Å². The predicted octanol–water partition coefficient (Wildman–Crippen LogP) is 2.73. The molecule has 88 valence electrons. The number of hydrogen-bond donors (Lipinski definition) is 0. The average molecular weight is 229 g/mol. The first-order valence-corrected chi connectivity index (χ1v) is 5.62. The van der Waals surface area contributed by atoms with E-state index in [1.807, 2.05) is 44.2 Å². The van der Waals surface area contributed by atoms with E-state index in [0.29, 0.717) is 5.69 Å². The molecule has 0 radical (unpaired) electrons. The van der Waals surface area contributed by atoms with Crippen molar-refractivity contribution in [1.29, 1.82) is 0 Å². The fourth-order valence-electron chi connectivity index (χ4n) is 1.76. The van der Waals surface area contributed by atoms with Gasteiger partial charge in [-0.15, -0.1) is 5.10 Å². The molecule has 0 amide bonds. The van der Waals surface area contributed by atoms with E-state index in [0.717, 1.165) is 11.3 Å². The molecule has 0 bridgehead atoms. The quantitative estimate of drug-likeness (QED) is 0.760.